The van der Waals surface area contributed by atoms with Gasteiger partial charge in [-0.15, -0.1) is 0 Å². The van der Waals surface area contributed by atoms with Crippen molar-refractivity contribution in [2.24, 2.45) is 5.73 Å². The van der Waals surface area contributed by atoms with Gasteiger partial charge in [0.1, 0.15) is 6.04 Å². The SMILES string of the molecule is NCCCC[C@H](NC(=O)N1OCC2=C1c1ccccc1CC2)C(=O)O. The maximum absolute atomic E-state index is 12.6. The highest BCUT2D eigenvalue weighted by molar-refractivity contribution is 5.90. The van der Waals surface area contributed by atoms with Gasteiger partial charge in [0.25, 0.3) is 0 Å². The van der Waals surface area contributed by atoms with E-state index in [1.807, 2.05) is 24.3 Å². The van der Waals surface area contributed by atoms with Crippen LogP contribution >= 0.6 is 0 Å². The van der Waals surface area contributed by atoms with Crippen LogP contribution < -0.4 is 11.1 Å². The number of carboxylic acids is 1. The Kier molecular flexibility index (Phi) is 5.35. The second kappa shape index (κ2) is 7.67. The molecule has 0 spiro atoms. The number of benzene rings is 1. The Hall–Kier alpha value is -2.38. The number of nitrogens with zero attached hydrogens (tertiary/aromatic N) is 1. The van der Waals surface area contributed by atoms with E-state index >= 15 is 0 Å². The molecule has 1 aromatic carbocycles. The van der Waals surface area contributed by atoms with Crippen LogP contribution in [-0.2, 0) is 16.1 Å². The number of hydroxylamine groups is 2. The van der Waals surface area contributed by atoms with E-state index in [-0.39, 0.29) is 0 Å². The molecule has 0 bridgehead atoms. The van der Waals surface area contributed by atoms with Crippen LogP contribution in [0.4, 0.5) is 4.79 Å². The van der Waals surface area contributed by atoms with Crippen molar-refractivity contribution in [3.63, 3.8) is 0 Å². The van der Waals surface area contributed by atoms with E-state index in [0.717, 1.165) is 36.1 Å². The van der Waals surface area contributed by atoms with Crippen molar-refractivity contribution in [1.82, 2.24) is 10.4 Å². The van der Waals surface area contributed by atoms with Crippen LogP contribution in [0.2, 0.25) is 0 Å². The van der Waals surface area contributed by atoms with Gasteiger partial charge in [-0.3, -0.25) is 4.84 Å². The van der Waals surface area contributed by atoms with E-state index in [4.69, 9.17) is 10.6 Å². The molecule has 134 valence electrons. The quantitative estimate of drug-likeness (QED) is 0.683. The van der Waals surface area contributed by atoms with Gasteiger partial charge < -0.3 is 16.2 Å². The van der Waals surface area contributed by atoms with Crippen molar-refractivity contribution < 1.29 is 19.5 Å². The highest BCUT2D eigenvalue weighted by Gasteiger charge is 2.35. The number of amides is 2. The minimum absolute atomic E-state index is 0.342. The molecule has 1 atom stereocenters. The van der Waals surface area contributed by atoms with Gasteiger partial charge in [0.2, 0.25) is 0 Å². The lowest BCUT2D eigenvalue weighted by atomic mass is 9.90. The van der Waals surface area contributed by atoms with Crippen LogP contribution in [0.25, 0.3) is 5.70 Å². The fraction of sp³-hybridized carbons (Fsp3) is 0.444. The van der Waals surface area contributed by atoms with Crippen LogP contribution in [0.3, 0.4) is 0 Å². The minimum atomic E-state index is -1.05. The summed E-state index contributed by atoms with van der Waals surface area (Å²) in [7, 11) is 0. The largest absolute Gasteiger partial charge is 0.480 e. The molecule has 7 heteroatoms. The van der Waals surface area contributed by atoms with E-state index in [0.29, 0.717) is 26.0 Å². The highest BCUT2D eigenvalue weighted by atomic mass is 16.7. The number of carbonyl (C=O) groups excluding carboxylic acids is 1. The number of aryl methyl sites for hydroxylation is 1. The fourth-order valence-electron chi connectivity index (χ4n) is 3.28. The summed E-state index contributed by atoms with van der Waals surface area (Å²) >= 11 is 0. The first kappa shape index (κ1) is 17.4. The van der Waals surface area contributed by atoms with Crippen molar-refractivity contribution in [3.05, 3.63) is 41.0 Å². The van der Waals surface area contributed by atoms with Gasteiger partial charge in [0.15, 0.2) is 0 Å². The summed E-state index contributed by atoms with van der Waals surface area (Å²) < 4.78 is 0. The molecule has 0 aromatic heterocycles. The van der Waals surface area contributed by atoms with Crippen molar-refractivity contribution in [2.45, 2.75) is 38.1 Å². The van der Waals surface area contributed by atoms with Gasteiger partial charge in [0, 0.05) is 5.56 Å². The molecule has 0 radical (unpaired) electrons. The zero-order valence-electron chi connectivity index (χ0n) is 14.0. The first-order chi connectivity index (χ1) is 12.1. The summed E-state index contributed by atoms with van der Waals surface area (Å²) in [5, 5.41) is 13.1. The number of nitrogens with one attached hydrogen (secondary N) is 1. The van der Waals surface area contributed by atoms with Gasteiger partial charge in [-0.2, -0.15) is 5.06 Å². The number of unbranched alkanes of at least 4 members (excludes halogenated alkanes) is 1. The maximum atomic E-state index is 12.6. The van der Waals surface area contributed by atoms with Gasteiger partial charge in [-0.05, 0) is 49.8 Å². The number of carboxylic acid groups (broad SMARTS) is 1. The van der Waals surface area contributed by atoms with Crippen molar-refractivity contribution >= 4 is 17.7 Å². The highest BCUT2D eigenvalue weighted by Crippen LogP contribution is 2.38. The molecular formula is C18H23N3O4. The second-order valence-corrected chi connectivity index (χ2v) is 6.30. The summed E-state index contributed by atoms with van der Waals surface area (Å²) in [4.78, 5) is 29.6. The molecule has 0 unspecified atom stereocenters. The predicted octanol–water partition coefficient (Wildman–Crippen LogP) is 1.88. The minimum Gasteiger partial charge on any atom is -0.480 e. The van der Waals surface area contributed by atoms with Crippen molar-refractivity contribution in [1.29, 1.82) is 0 Å². The Morgan fingerprint density at radius 2 is 2.08 bits per heavy atom. The molecule has 1 aliphatic carbocycles. The molecule has 0 saturated heterocycles. The number of aliphatic carboxylic acids is 1. The molecule has 0 saturated carbocycles. The fourth-order valence-corrected chi connectivity index (χ4v) is 3.28. The van der Waals surface area contributed by atoms with Crippen LogP contribution in [0.5, 0.6) is 0 Å². The molecule has 1 aliphatic heterocycles. The molecule has 1 heterocycles. The lowest BCUT2D eigenvalue weighted by Gasteiger charge is -2.25. The third-order valence-corrected chi connectivity index (χ3v) is 4.60. The summed E-state index contributed by atoms with van der Waals surface area (Å²) in [5.41, 5.74) is 9.42. The second-order valence-electron chi connectivity index (χ2n) is 6.30. The summed E-state index contributed by atoms with van der Waals surface area (Å²) in [6, 6.07) is 6.42. The maximum Gasteiger partial charge on any atom is 0.346 e. The number of carbonyl (C=O) groups is 2. The molecule has 0 fully saturated rings. The van der Waals surface area contributed by atoms with Crippen molar-refractivity contribution in [3.8, 4) is 0 Å². The van der Waals surface area contributed by atoms with E-state index in [1.54, 1.807) is 0 Å². The lowest BCUT2D eigenvalue weighted by molar-refractivity contribution is -0.139. The Morgan fingerprint density at radius 3 is 2.84 bits per heavy atom. The lowest BCUT2D eigenvalue weighted by Crippen LogP contribution is -2.46. The molecular weight excluding hydrogens is 322 g/mol. The van der Waals surface area contributed by atoms with E-state index in [9.17, 15) is 14.7 Å². The van der Waals surface area contributed by atoms with Gasteiger partial charge in [-0.1, -0.05) is 24.3 Å². The van der Waals surface area contributed by atoms with Crippen LogP contribution in [0.1, 0.15) is 36.8 Å². The summed E-state index contributed by atoms with van der Waals surface area (Å²) in [5.74, 6) is -1.05. The van der Waals surface area contributed by atoms with Gasteiger partial charge in [-0.25, -0.2) is 9.59 Å². The first-order valence-electron chi connectivity index (χ1n) is 8.58. The van der Waals surface area contributed by atoms with Crippen molar-refractivity contribution in [2.75, 3.05) is 13.2 Å². The number of urea groups is 1. The predicted molar refractivity (Wildman–Crippen MR) is 92.3 cm³/mol. The third kappa shape index (κ3) is 3.67. The Morgan fingerprint density at radius 1 is 1.28 bits per heavy atom. The first-order valence-corrected chi connectivity index (χ1v) is 8.58. The summed E-state index contributed by atoms with van der Waals surface area (Å²) in [6.07, 6.45) is 3.47. The zero-order chi connectivity index (χ0) is 17.8. The Balaban J connectivity index is 1.74. The molecule has 1 aromatic rings. The number of hydrogen-bond donors (Lipinski definition) is 3. The monoisotopic (exact) mass is 345 g/mol. The van der Waals surface area contributed by atoms with E-state index in [1.165, 1.54) is 10.6 Å². The van der Waals surface area contributed by atoms with Gasteiger partial charge in [0.05, 0.1) is 12.3 Å². The van der Waals surface area contributed by atoms with E-state index in [2.05, 4.69) is 5.32 Å². The summed E-state index contributed by atoms with van der Waals surface area (Å²) in [6.45, 7) is 0.866. The average molecular weight is 345 g/mol. The van der Waals surface area contributed by atoms with Crippen LogP contribution in [-0.4, -0.2) is 41.4 Å². The number of hydrogen-bond acceptors (Lipinski definition) is 4. The topological polar surface area (TPSA) is 105 Å². The normalized spacial score (nSPS) is 17.1. The average Bonchev–Trinajstić information content (AvgIpc) is 3.05. The van der Waals surface area contributed by atoms with E-state index < -0.39 is 18.0 Å². The number of fused-ring (bicyclic) bond motifs is 2. The number of nitrogens with two attached hydrogens (primary N) is 1. The molecule has 25 heavy (non-hydrogen) atoms. The molecule has 4 N–H and O–H groups in total. The molecule has 3 rings (SSSR count). The van der Waals surface area contributed by atoms with Crippen LogP contribution in [0, 0.1) is 0 Å². The number of rotatable bonds is 6. The standard InChI is InChI=1S/C18H23N3O4/c19-10-4-3-7-15(17(22)23)20-18(24)21-16-13(11-25-21)9-8-12-5-1-2-6-14(12)16/h1-2,5-6,15H,3-4,7-11,19H2,(H,20,24)(H,22,23)/t15-/m0/s1. The smallest absolute Gasteiger partial charge is 0.346 e. The third-order valence-electron chi connectivity index (χ3n) is 4.60. The Bertz CT molecular complexity index is 701. The van der Waals surface area contributed by atoms with Gasteiger partial charge >= 0.3 is 12.0 Å². The van der Waals surface area contributed by atoms with Crippen LogP contribution in [0.15, 0.2) is 29.8 Å². The molecule has 7 nitrogen and oxygen atoms in total. The zero-order valence-corrected chi connectivity index (χ0v) is 14.0. The molecule has 2 aliphatic rings. The molecule has 2 amide bonds. The Labute approximate surface area is 146 Å².